The van der Waals surface area contributed by atoms with E-state index in [1.807, 2.05) is 6.07 Å². The molecule has 2 saturated heterocycles. The molecule has 0 radical (unpaired) electrons. The summed E-state index contributed by atoms with van der Waals surface area (Å²) in [5.74, 6) is 0.0285. The molecule has 6 rings (SSSR count). The van der Waals surface area contributed by atoms with Crippen LogP contribution in [-0.4, -0.2) is 34.7 Å². The van der Waals surface area contributed by atoms with Crippen molar-refractivity contribution in [3.63, 3.8) is 0 Å². The van der Waals surface area contributed by atoms with Crippen LogP contribution in [0.2, 0.25) is 0 Å². The highest BCUT2D eigenvalue weighted by atomic mass is 16.7. The predicted molar refractivity (Wildman–Crippen MR) is 114 cm³/mol. The fourth-order valence-corrected chi connectivity index (χ4v) is 9.24. The van der Waals surface area contributed by atoms with E-state index in [4.69, 9.17) is 13.9 Å². The first-order chi connectivity index (χ1) is 14.9. The Hall–Kier alpha value is -1.66. The molecule has 1 spiro atoms. The fourth-order valence-electron chi connectivity index (χ4n) is 9.24. The molecule has 0 unspecified atom stereocenters. The van der Waals surface area contributed by atoms with Gasteiger partial charge in [-0.1, -0.05) is 27.7 Å². The van der Waals surface area contributed by atoms with Crippen LogP contribution in [0.3, 0.4) is 0 Å². The van der Waals surface area contributed by atoms with Crippen LogP contribution in [0.25, 0.3) is 0 Å². The summed E-state index contributed by atoms with van der Waals surface area (Å²) >= 11 is 0. The van der Waals surface area contributed by atoms with Gasteiger partial charge < -0.3 is 19.0 Å². The molecule has 0 amide bonds. The lowest BCUT2D eigenvalue weighted by Crippen LogP contribution is -2.72. The highest BCUT2D eigenvalue weighted by Crippen LogP contribution is 2.79. The lowest BCUT2D eigenvalue weighted by Gasteiger charge is -2.68. The van der Waals surface area contributed by atoms with Crippen LogP contribution in [0.15, 0.2) is 23.0 Å². The van der Waals surface area contributed by atoms with Gasteiger partial charge in [-0.15, -0.1) is 0 Å². The predicted octanol–water partition coefficient (Wildman–Crippen LogP) is 4.21. The van der Waals surface area contributed by atoms with Gasteiger partial charge in [-0.05, 0) is 61.3 Å². The SMILES string of the molecule is CC1(C)[C@@H](O)CC[C@]2(C)[C@H]3CC[C@]4(C)[C@H](c5ccoc5)OC(=O)[C@H]5O[C@]54[C@]3(C)C(=O)C[C@@H]12. The van der Waals surface area contributed by atoms with E-state index in [9.17, 15) is 14.7 Å². The Morgan fingerprint density at radius 1 is 1.00 bits per heavy atom. The minimum absolute atomic E-state index is 0.0928. The Balaban J connectivity index is 1.50. The molecule has 6 heteroatoms. The highest BCUT2D eigenvalue weighted by Gasteiger charge is 2.88. The molecule has 6 nitrogen and oxygen atoms in total. The van der Waals surface area contributed by atoms with Gasteiger partial charge in [0.2, 0.25) is 0 Å². The van der Waals surface area contributed by atoms with E-state index in [1.165, 1.54) is 0 Å². The van der Waals surface area contributed by atoms with Crippen LogP contribution in [0.5, 0.6) is 0 Å². The Morgan fingerprint density at radius 2 is 1.75 bits per heavy atom. The van der Waals surface area contributed by atoms with Crippen molar-refractivity contribution in [2.45, 2.75) is 90.6 Å². The van der Waals surface area contributed by atoms with Crippen LogP contribution >= 0.6 is 0 Å². The normalized spacial score (nSPS) is 53.4. The number of rotatable bonds is 1. The van der Waals surface area contributed by atoms with Gasteiger partial charge in [-0.3, -0.25) is 4.79 Å². The molecule has 3 saturated carbocycles. The number of ketones is 1. The summed E-state index contributed by atoms with van der Waals surface area (Å²) in [6.07, 6.45) is 5.41. The van der Waals surface area contributed by atoms with E-state index in [0.29, 0.717) is 6.42 Å². The van der Waals surface area contributed by atoms with Crippen molar-refractivity contribution in [2.75, 3.05) is 0 Å². The van der Waals surface area contributed by atoms with Gasteiger partial charge in [0.1, 0.15) is 17.5 Å². The lowest BCUT2D eigenvalue weighted by molar-refractivity contribution is -0.230. The van der Waals surface area contributed by atoms with E-state index in [0.717, 1.165) is 31.2 Å². The fraction of sp³-hybridized carbons (Fsp3) is 0.769. The molecule has 0 aromatic carbocycles. The largest absolute Gasteiger partial charge is 0.472 e. The van der Waals surface area contributed by atoms with E-state index in [-0.39, 0.29) is 34.4 Å². The Morgan fingerprint density at radius 3 is 2.44 bits per heavy atom. The van der Waals surface area contributed by atoms with Gasteiger partial charge >= 0.3 is 5.97 Å². The number of carbonyl (C=O) groups excluding carboxylic acids is 2. The first-order valence-electron chi connectivity index (χ1n) is 12.1. The molecule has 5 fully saturated rings. The summed E-state index contributed by atoms with van der Waals surface area (Å²) in [4.78, 5) is 27.2. The number of aliphatic hydroxyl groups is 1. The van der Waals surface area contributed by atoms with Gasteiger partial charge in [0.25, 0.3) is 0 Å². The van der Waals surface area contributed by atoms with Crippen molar-refractivity contribution in [3.05, 3.63) is 24.2 Å². The molecule has 1 aromatic rings. The second-order valence-electron chi connectivity index (χ2n) is 12.4. The summed E-state index contributed by atoms with van der Waals surface area (Å²) in [5, 5.41) is 10.8. The second-order valence-corrected chi connectivity index (χ2v) is 12.4. The highest BCUT2D eigenvalue weighted by molar-refractivity contribution is 5.93. The van der Waals surface area contributed by atoms with Crippen LogP contribution in [-0.2, 0) is 19.1 Å². The topological polar surface area (TPSA) is 89.3 Å². The van der Waals surface area contributed by atoms with Crippen LogP contribution in [0.1, 0.15) is 78.4 Å². The van der Waals surface area contributed by atoms with Crippen molar-refractivity contribution >= 4 is 11.8 Å². The average Bonchev–Trinajstić information content (AvgIpc) is 3.30. The average molecular weight is 443 g/mol. The summed E-state index contributed by atoms with van der Waals surface area (Å²) in [6.45, 7) is 10.8. The molecule has 174 valence electrons. The van der Waals surface area contributed by atoms with Gasteiger partial charge in [0.15, 0.2) is 6.10 Å². The maximum Gasteiger partial charge on any atom is 0.339 e. The van der Waals surface area contributed by atoms with Gasteiger partial charge in [-0.2, -0.15) is 0 Å². The summed E-state index contributed by atoms with van der Waals surface area (Å²) in [6, 6.07) is 1.85. The van der Waals surface area contributed by atoms with Crippen LogP contribution < -0.4 is 0 Å². The minimum Gasteiger partial charge on any atom is -0.472 e. The Bertz CT molecular complexity index is 998. The molecule has 1 N–H and O–H groups in total. The van der Waals surface area contributed by atoms with Crippen molar-refractivity contribution in [1.29, 1.82) is 0 Å². The zero-order chi connectivity index (χ0) is 22.9. The van der Waals surface area contributed by atoms with Crippen LogP contribution in [0, 0.1) is 33.5 Å². The molecule has 3 heterocycles. The number of esters is 1. The molecule has 3 aliphatic carbocycles. The van der Waals surface area contributed by atoms with Crippen LogP contribution in [0.4, 0.5) is 0 Å². The third kappa shape index (κ3) is 2.02. The number of aliphatic hydroxyl groups excluding tert-OH is 1. The molecule has 1 aromatic heterocycles. The third-order valence-electron chi connectivity index (χ3n) is 11.0. The number of ether oxygens (including phenoxy) is 2. The zero-order valence-corrected chi connectivity index (χ0v) is 19.6. The zero-order valence-electron chi connectivity index (χ0n) is 19.6. The summed E-state index contributed by atoms with van der Waals surface area (Å²) in [7, 11) is 0. The molecule has 9 atom stereocenters. The maximum atomic E-state index is 14.1. The second kappa shape index (κ2) is 5.87. The maximum absolute atomic E-state index is 14.1. The quantitative estimate of drug-likeness (QED) is 0.518. The Labute approximate surface area is 189 Å². The number of furan rings is 1. The number of hydrogen-bond donors (Lipinski definition) is 1. The van der Waals surface area contributed by atoms with E-state index < -0.39 is 34.7 Å². The number of hydrogen-bond acceptors (Lipinski definition) is 6. The molecule has 5 aliphatic rings. The molecule has 2 aliphatic heterocycles. The number of Topliss-reactive ketones (excluding diaryl/α,β-unsaturated/α-hetero) is 1. The first kappa shape index (κ1) is 20.9. The van der Waals surface area contributed by atoms with Crippen molar-refractivity contribution in [2.24, 2.45) is 33.5 Å². The standard InChI is InChI=1S/C26H34O6/c1-22(2)16-12-18(28)25(5)15(23(16,3)9-7-17(22)27)6-10-24(4)19(14-8-11-30-13-14)31-21(29)20-26(24,25)32-20/h8,11,13,15-17,19-20,27H,6-7,9-10,12H2,1-5H3/t15-,16+,17+,19+,20-,23-,24-,25+,26-/m1/s1. The third-order valence-corrected chi connectivity index (χ3v) is 11.0. The number of carbonyl (C=O) groups is 2. The van der Waals surface area contributed by atoms with Gasteiger partial charge in [0, 0.05) is 17.4 Å². The van der Waals surface area contributed by atoms with Gasteiger partial charge in [-0.25, -0.2) is 4.79 Å². The summed E-state index contributed by atoms with van der Waals surface area (Å²) < 4.78 is 17.6. The number of epoxide rings is 1. The van der Waals surface area contributed by atoms with E-state index in [1.54, 1.807) is 12.5 Å². The number of fused-ring (bicyclic) bond motifs is 3. The smallest absolute Gasteiger partial charge is 0.339 e. The summed E-state index contributed by atoms with van der Waals surface area (Å²) in [5.41, 5.74) is -1.73. The number of cyclic esters (lactones) is 1. The van der Waals surface area contributed by atoms with E-state index >= 15 is 0 Å². The first-order valence-corrected chi connectivity index (χ1v) is 12.1. The van der Waals surface area contributed by atoms with Crippen molar-refractivity contribution < 1.29 is 28.6 Å². The van der Waals surface area contributed by atoms with Gasteiger partial charge in [0.05, 0.1) is 24.0 Å². The lowest BCUT2D eigenvalue weighted by atomic mass is 9.35. The van der Waals surface area contributed by atoms with Crippen molar-refractivity contribution in [3.8, 4) is 0 Å². The molecule has 32 heavy (non-hydrogen) atoms. The monoisotopic (exact) mass is 442 g/mol. The van der Waals surface area contributed by atoms with Crippen molar-refractivity contribution in [1.82, 2.24) is 0 Å². The van der Waals surface area contributed by atoms with E-state index in [2.05, 4.69) is 34.6 Å². The molecular weight excluding hydrogens is 408 g/mol. The molecule has 0 bridgehead atoms. The Kier molecular flexibility index (Phi) is 3.84. The molecular formula is C26H34O6. The minimum atomic E-state index is -0.856.